The zero-order chi connectivity index (χ0) is 13.0. The summed E-state index contributed by atoms with van der Waals surface area (Å²) in [5.41, 5.74) is -0.467. The first-order chi connectivity index (χ1) is 7.93. The molecule has 0 aliphatic carbocycles. The Balaban J connectivity index is 2.82. The fraction of sp³-hybridized carbons (Fsp3) is 0.300. The van der Waals surface area contributed by atoms with E-state index in [1.807, 2.05) is 0 Å². The predicted molar refractivity (Wildman–Crippen MR) is 53.4 cm³/mol. The summed E-state index contributed by atoms with van der Waals surface area (Å²) in [5, 5.41) is 8.43. The zero-order valence-electron chi connectivity index (χ0n) is 8.98. The van der Waals surface area contributed by atoms with Crippen LogP contribution in [0.5, 0.6) is 0 Å². The predicted octanol–water partition coefficient (Wildman–Crippen LogP) is 0.906. The average Bonchev–Trinajstić information content (AvgIpc) is 2.28. The average molecular weight is 244 g/mol. The van der Waals surface area contributed by atoms with Crippen LogP contribution >= 0.6 is 0 Å². The first-order valence-corrected chi connectivity index (χ1v) is 4.70. The van der Waals surface area contributed by atoms with E-state index in [1.54, 1.807) is 0 Å². The van der Waals surface area contributed by atoms with Gasteiger partial charge in [-0.2, -0.15) is 4.39 Å². The molecule has 1 heterocycles. The van der Waals surface area contributed by atoms with Gasteiger partial charge in [0.15, 0.2) is 5.82 Å². The maximum absolute atomic E-state index is 13.2. The molecule has 0 bridgehead atoms. The maximum atomic E-state index is 13.2. The Kier molecular flexibility index (Phi) is 4.08. The first kappa shape index (κ1) is 13.0. The molecule has 7 heteroatoms. The highest BCUT2D eigenvalue weighted by Crippen LogP contribution is 2.11. The Hall–Kier alpha value is -2.05. The molecule has 17 heavy (non-hydrogen) atoms. The second-order valence-electron chi connectivity index (χ2n) is 3.33. The Morgan fingerprint density at radius 3 is 2.71 bits per heavy atom. The van der Waals surface area contributed by atoms with E-state index in [4.69, 9.17) is 5.11 Å². The van der Waals surface area contributed by atoms with Gasteiger partial charge in [-0.3, -0.25) is 9.59 Å². The van der Waals surface area contributed by atoms with Crippen molar-refractivity contribution in [2.24, 2.45) is 0 Å². The molecular weight excluding hydrogens is 234 g/mol. The summed E-state index contributed by atoms with van der Waals surface area (Å²) in [6, 6.07) is 1.04. The number of amides is 1. The minimum atomic E-state index is -1.36. The van der Waals surface area contributed by atoms with Crippen molar-refractivity contribution >= 4 is 11.9 Å². The van der Waals surface area contributed by atoms with Gasteiger partial charge in [-0.1, -0.05) is 0 Å². The number of nitrogens with zero attached hydrogens (tertiary/aromatic N) is 2. The molecular formula is C10H10F2N2O3. The monoisotopic (exact) mass is 244 g/mol. The molecule has 1 N–H and O–H groups in total. The molecule has 0 atom stereocenters. The number of hydrogen-bond donors (Lipinski definition) is 1. The molecule has 92 valence electrons. The second-order valence-corrected chi connectivity index (χ2v) is 3.33. The van der Waals surface area contributed by atoms with Gasteiger partial charge in [0.1, 0.15) is 0 Å². The molecule has 1 aromatic rings. The van der Waals surface area contributed by atoms with Gasteiger partial charge in [-0.05, 0) is 6.07 Å². The number of hydrogen-bond acceptors (Lipinski definition) is 3. The summed E-state index contributed by atoms with van der Waals surface area (Å²) in [7, 11) is 1.31. The van der Waals surface area contributed by atoms with Crippen LogP contribution in [0, 0.1) is 11.8 Å². The number of aromatic nitrogens is 1. The number of carboxylic acids is 1. The smallest absolute Gasteiger partial charge is 0.305 e. The Morgan fingerprint density at radius 1 is 1.47 bits per heavy atom. The third-order valence-electron chi connectivity index (χ3n) is 2.08. The van der Waals surface area contributed by atoms with Crippen LogP contribution in [-0.2, 0) is 4.79 Å². The molecule has 0 unspecified atom stereocenters. The number of rotatable bonds is 4. The van der Waals surface area contributed by atoms with E-state index in [1.165, 1.54) is 7.05 Å². The highest BCUT2D eigenvalue weighted by atomic mass is 19.2. The van der Waals surface area contributed by atoms with Crippen LogP contribution in [0.4, 0.5) is 8.78 Å². The van der Waals surface area contributed by atoms with Crippen LogP contribution in [0.15, 0.2) is 12.3 Å². The van der Waals surface area contributed by atoms with Gasteiger partial charge in [0.05, 0.1) is 12.0 Å². The maximum Gasteiger partial charge on any atom is 0.305 e. The summed E-state index contributed by atoms with van der Waals surface area (Å²) in [4.78, 5) is 26.0. The minimum Gasteiger partial charge on any atom is -0.481 e. The molecule has 0 saturated carbocycles. The van der Waals surface area contributed by atoms with Gasteiger partial charge in [0.2, 0.25) is 5.95 Å². The summed E-state index contributed by atoms with van der Waals surface area (Å²) in [5.74, 6) is -4.56. The van der Waals surface area contributed by atoms with Crippen LogP contribution < -0.4 is 0 Å². The third-order valence-corrected chi connectivity index (χ3v) is 2.08. The van der Waals surface area contributed by atoms with Crippen LogP contribution in [0.3, 0.4) is 0 Å². The molecule has 1 amide bonds. The number of carboxylic acid groups (broad SMARTS) is 1. The van der Waals surface area contributed by atoms with Crippen molar-refractivity contribution in [1.82, 2.24) is 9.88 Å². The van der Waals surface area contributed by atoms with Crippen molar-refractivity contribution in [3.05, 3.63) is 29.6 Å². The normalized spacial score (nSPS) is 10.1. The number of pyridine rings is 1. The number of halogens is 2. The lowest BCUT2D eigenvalue weighted by atomic mass is 10.2. The van der Waals surface area contributed by atoms with Crippen molar-refractivity contribution in [2.45, 2.75) is 6.42 Å². The lowest BCUT2D eigenvalue weighted by molar-refractivity contribution is -0.137. The Bertz CT molecular complexity index is 451. The zero-order valence-corrected chi connectivity index (χ0v) is 8.98. The van der Waals surface area contributed by atoms with Gasteiger partial charge in [0.25, 0.3) is 5.91 Å². The van der Waals surface area contributed by atoms with Crippen LogP contribution in [0.1, 0.15) is 16.8 Å². The summed E-state index contributed by atoms with van der Waals surface area (Å²) < 4.78 is 26.0. The summed E-state index contributed by atoms with van der Waals surface area (Å²) in [6.45, 7) is -0.0858. The van der Waals surface area contributed by atoms with Gasteiger partial charge >= 0.3 is 5.97 Å². The second kappa shape index (κ2) is 5.33. The van der Waals surface area contributed by atoms with E-state index in [9.17, 15) is 18.4 Å². The molecule has 1 rings (SSSR count). The largest absolute Gasteiger partial charge is 0.481 e. The molecule has 0 aliphatic heterocycles. The van der Waals surface area contributed by atoms with Crippen molar-refractivity contribution in [3.63, 3.8) is 0 Å². The molecule has 0 fully saturated rings. The van der Waals surface area contributed by atoms with Gasteiger partial charge in [-0.15, -0.1) is 0 Å². The van der Waals surface area contributed by atoms with Crippen molar-refractivity contribution in [2.75, 3.05) is 13.6 Å². The van der Waals surface area contributed by atoms with E-state index in [0.29, 0.717) is 0 Å². The molecule has 0 aliphatic rings. The number of carbonyl (C=O) groups excluding carboxylic acids is 1. The van der Waals surface area contributed by atoms with E-state index in [2.05, 4.69) is 4.98 Å². The fourth-order valence-corrected chi connectivity index (χ4v) is 1.15. The van der Waals surface area contributed by atoms with Crippen LogP contribution in [-0.4, -0.2) is 40.5 Å². The van der Waals surface area contributed by atoms with Crippen LogP contribution in [0.2, 0.25) is 0 Å². The van der Waals surface area contributed by atoms with Crippen molar-refractivity contribution < 1.29 is 23.5 Å². The Labute approximate surface area is 95.7 Å². The van der Waals surface area contributed by atoms with Gasteiger partial charge < -0.3 is 10.0 Å². The van der Waals surface area contributed by atoms with E-state index >= 15 is 0 Å². The lowest BCUT2D eigenvalue weighted by Crippen LogP contribution is -2.30. The molecule has 0 radical (unpaired) electrons. The van der Waals surface area contributed by atoms with Crippen molar-refractivity contribution in [1.29, 1.82) is 0 Å². The fourth-order valence-electron chi connectivity index (χ4n) is 1.15. The van der Waals surface area contributed by atoms with Crippen molar-refractivity contribution in [3.8, 4) is 0 Å². The van der Waals surface area contributed by atoms with E-state index < -0.39 is 29.2 Å². The topological polar surface area (TPSA) is 70.5 Å². The molecule has 0 aromatic carbocycles. The molecule has 0 spiro atoms. The first-order valence-electron chi connectivity index (χ1n) is 4.70. The number of carbonyl (C=O) groups is 2. The SMILES string of the molecule is CN(CCC(=O)O)C(=O)c1ccnc(F)c1F. The quantitative estimate of drug-likeness (QED) is 0.799. The van der Waals surface area contributed by atoms with Gasteiger partial charge in [0, 0.05) is 19.8 Å². The highest BCUT2D eigenvalue weighted by molar-refractivity contribution is 5.94. The molecule has 5 nitrogen and oxygen atoms in total. The van der Waals surface area contributed by atoms with Gasteiger partial charge in [-0.25, -0.2) is 9.37 Å². The molecule has 1 aromatic heterocycles. The minimum absolute atomic E-state index is 0.0858. The standard InChI is InChI=1S/C10H10F2N2O3/c1-14(5-3-7(15)16)10(17)6-2-4-13-9(12)8(6)11/h2,4H,3,5H2,1H3,(H,15,16). The lowest BCUT2D eigenvalue weighted by Gasteiger charge is -2.16. The summed E-state index contributed by atoms with van der Waals surface area (Å²) >= 11 is 0. The van der Waals surface area contributed by atoms with Crippen LogP contribution in [0.25, 0.3) is 0 Å². The third kappa shape index (κ3) is 3.20. The Morgan fingerprint density at radius 2 is 2.12 bits per heavy atom. The molecule has 0 saturated heterocycles. The summed E-state index contributed by atoms with van der Waals surface area (Å²) in [6.07, 6.45) is 0.702. The van der Waals surface area contributed by atoms with E-state index in [0.717, 1.165) is 17.2 Å². The number of aliphatic carboxylic acids is 1. The van der Waals surface area contributed by atoms with E-state index in [-0.39, 0.29) is 13.0 Å². The highest BCUT2D eigenvalue weighted by Gasteiger charge is 2.19.